The topological polar surface area (TPSA) is 125 Å². The Morgan fingerprint density at radius 1 is 0.912 bits per heavy atom. The van der Waals surface area contributed by atoms with E-state index in [2.05, 4.69) is 22.8 Å². The quantitative estimate of drug-likeness (QED) is 0.409. The highest BCUT2D eigenvalue weighted by Crippen LogP contribution is 2.44. The summed E-state index contributed by atoms with van der Waals surface area (Å²) in [6.07, 6.45) is -2.30. The lowest BCUT2D eigenvalue weighted by atomic mass is 9.98. The Morgan fingerprint density at radius 3 is 2.21 bits per heavy atom. The summed E-state index contributed by atoms with van der Waals surface area (Å²) in [5.74, 6) is -1.90. The molecular formula is C26H24N2O6. The number of aliphatic hydroxyl groups excluding tert-OH is 1. The van der Waals surface area contributed by atoms with E-state index < -0.39 is 24.1 Å². The van der Waals surface area contributed by atoms with Gasteiger partial charge in [0.25, 0.3) is 0 Å². The van der Waals surface area contributed by atoms with E-state index in [0.717, 1.165) is 22.3 Å². The standard InChI is InChI=1S/C26H24N2O6/c29-23(25(31)32)14-27-24(30)13-16-6-5-7-17(12-16)28-26(33)34-15-22-20-10-3-1-8-18(20)19-9-2-4-11-21(19)22/h1-12,22-23,29H,13-15H2,(H,27,30)(H,28,33)(H,31,32)/t23-/m0/s1. The van der Waals surface area contributed by atoms with Crippen LogP contribution < -0.4 is 10.6 Å². The molecule has 0 saturated carbocycles. The lowest BCUT2D eigenvalue weighted by Crippen LogP contribution is -2.37. The maximum absolute atomic E-state index is 12.5. The van der Waals surface area contributed by atoms with Crippen LogP contribution in [0.25, 0.3) is 11.1 Å². The molecule has 3 aromatic carbocycles. The molecule has 0 bridgehead atoms. The van der Waals surface area contributed by atoms with Gasteiger partial charge in [0.2, 0.25) is 5.91 Å². The number of benzene rings is 3. The molecule has 0 fully saturated rings. The van der Waals surface area contributed by atoms with Crippen LogP contribution >= 0.6 is 0 Å². The monoisotopic (exact) mass is 460 g/mol. The smallest absolute Gasteiger partial charge is 0.411 e. The first kappa shape index (κ1) is 23.0. The van der Waals surface area contributed by atoms with Gasteiger partial charge in [0, 0.05) is 11.6 Å². The number of nitrogens with one attached hydrogen (secondary N) is 2. The van der Waals surface area contributed by atoms with Crippen molar-refractivity contribution in [1.29, 1.82) is 0 Å². The van der Waals surface area contributed by atoms with E-state index in [0.29, 0.717) is 11.3 Å². The van der Waals surface area contributed by atoms with Crippen LogP contribution in [0.3, 0.4) is 0 Å². The third kappa shape index (κ3) is 5.24. The van der Waals surface area contributed by atoms with E-state index in [9.17, 15) is 19.5 Å². The molecule has 0 aromatic heterocycles. The molecule has 0 unspecified atom stereocenters. The van der Waals surface area contributed by atoms with Gasteiger partial charge in [-0.15, -0.1) is 0 Å². The van der Waals surface area contributed by atoms with Crippen molar-refractivity contribution in [2.24, 2.45) is 0 Å². The van der Waals surface area contributed by atoms with E-state index in [1.54, 1.807) is 24.3 Å². The summed E-state index contributed by atoms with van der Waals surface area (Å²) in [4.78, 5) is 35.1. The Kier molecular flexibility index (Phi) is 6.89. The van der Waals surface area contributed by atoms with Crippen LogP contribution in [0.15, 0.2) is 72.8 Å². The number of hydrogen-bond donors (Lipinski definition) is 4. The summed E-state index contributed by atoms with van der Waals surface area (Å²) in [5, 5.41) is 22.9. The summed E-state index contributed by atoms with van der Waals surface area (Å²) in [6, 6.07) is 22.9. The van der Waals surface area contributed by atoms with Crippen LogP contribution in [-0.4, -0.2) is 47.4 Å². The number of carbonyl (C=O) groups is 3. The second kappa shape index (κ2) is 10.2. The summed E-state index contributed by atoms with van der Waals surface area (Å²) in [7, 11) is 0. The molecule has 8 heteroatoms. The number of hydrogen-bond acceptors (Lipinski definition) is 5. The zero-order valence-corrected chi connectivity index (χ0v) is 18.2. The molecule has 0 saturated heterocycles. The Hall–Kier alpha value is -4.17. The number of fused-ring (bicyclic) bond motifs is 3. The summed E-state index contributed by atoms with van der Waals surface area (Å²) < 4.78 is 5.54. The molecule has 34 heavy (non-hydrogen) atoms. The first-order valence-corrected chi connectivity index (χ1v) is 10.8. The van der Waals surface area contributed by atoms with Crippen molar-refractivity contribution in [3.63, 3.8) is 0 Å². The minimum atomic E-state index is -1.66. The maximum Gasteiger partial charge on any atom is 0.411 e. The number of aliphatic carboxylic acids is 1. The molecule has 174 valence electrons. The summed E-state index contributed by atoms with van der Waals surface area (Å²) in [6.45, 7) is -0.195. The second-order valence-electron chi connectivity index (χ2n) is 7.99. The van der Waals surface area contributed by atoms with Gasteiger partial charge in [-0.1, -0.05) is 60.7 Å². The van der Waals surface area contributed by atoms with Crippen LogP contribution in [0.1, 0.15) is 22.6 Å². The summed E-state index contributed by atoms with van der Waals surface area (Å²) >= 11 is 0. The maximum atomic E-state index is 12.5. The van der Waals surface area contributed by atoms with Crippen molar-refractivity contribution in [3.8, 4) is 11.1 Å². The minimum absolute atomic E-state index is 0.0352. The fraction of sp³-hybridized carbons (Fsp3) is 0.192. The van der Waals surface area contributed by atoms with Gasteiger partial charge in [-0.05, 0) is 39.9 Å². The number of anilines is 1. The van der Waals surface area contributed by atoms with Gasteiger partial charge >= 0.3 is 12.1 Å². The highest BCUT2D eigenvalue weighted by Gasteiger charge is 2.29. The van der Waals surface area contributed by atoms with Crippen LogP contribution in [0, 0.1) is 0 Å². The Morgan fingerprint density at radius 2 is 1.56 bits per heavy atom. The predicted octanol–water partition coefficient (Wildman–Crippen LogP) is 3.15. The summed E-state index contributed by atoms with van der Waals surface area (Å²) in [5.41, 5.74) is 5.62. The molecule has 8 nitrogen and oxygen atoms in total. The molecule has 0 radical (unpaired) electrons. The minimum Gasteiger partial charge on any atom is -0.479 e. The van der Waals surface area contributed by atoms with Crippen LogP contribution in [-0.2, 0) is 20.7 Å². The van der Waals surface area contributed by atoms with Crippen molar-refractivity contribution in [2.45, 2.75) is 18.4 Å². The van der Waals surface area contributed by atoms with Gasteiger partial charge in [-0.25, -0.2) is 9.59 Å². The first-order valence-electron chi connectivity index (χ1n) is 10.8. The third-order valence-electron chi connectivity index (χ3n) is 5.66. The van der Waals surface area contributed by atoms with Crippen molar-refractivity contribution >= 4 is 23.7 Å². The molecule has 0 aliphatic heterocycles. The molecule has 3 aromatic rings. The van der Waals surface area contributed by atoms with Gasteiger partial charge in [0.05, 0.1) is 13.0 Å². The van der Waals surface area contributed by atoms with E-state index in [4.69, 9.17) is 9.84 Å². The predicted molar refractivity (Wildman–Crippen MR) is 125 cm³/mol. The second-order valence-corrected chi connectivity index (χ2v) is 7.99. The fourth-order valence-electron chi connectivity index (χ4n) is 4.06. The number of amides is 2. The van der Waals surface area contributed by atoms with Crippen molar-refractivity contribution in [3.05, 3.63) is 89.5 Å². The Labute approximate surface area is 196 Å². The van der Waals surface area contributed by atoms with Crippen molar-refractivity contribution in [1.82, 2.24) is 5.32 Å². The van der Waals surface area contributed by atoms with Crippen molar-refractivity contribution in [2.75, 3.05) is 18.5 Å². The number of carboxylic acids is 1. The van der Waals surface area contributed by atoms with Gasteiger partial charge in [-0.2, -0.15) is 0 Å². The van der Waals surface area contributed by atoms with E-state index in [1.165, 1.54) is 0 Å². The van der Waals surface area contributed by atoms with E-state index in [-0.39, 0.29) is 25.5 Å². The van der Waals surface area contributed by atoms with Crippen LogP contribution in [0.5, 0.6) is 0 Å². The highest BCUT2D eigenvalue weighted by molar-refractivity contribution is 5.86. The first-order chi connectivity index (χ1) is 16.4. The lowest BCUT2D eigenvalue weighted by molar-refractivity contribution is -0.146. The molecule has 1 aliphatic carbocycles. The van der Waals surface area contributed by atoms with Crippen molar-refractivity contribution < 1.29 is 29.3 Å². The Bertz CT molecular complexity index is 1180. The fourth-order valence-corrected chi connectivity index (χ4v) is 4.06. The number of carboxylic acid groups (broad SMARTS) is 1. The number of carbonyl (C=O) groups excluding carboxylic acids is 2. The SMILES string of the molecule is O=C(Cc1cccc(NC(=O)OCC2c3ccccc3-c3ccccc32)c1)NC[C@H](O)C(=O)O. The van der Waals surface area contributed by atoms with Crippen LogP contribution in [0.4, 0.5) is 10.5 Å². The van der Waals surface area contributed by atoms with Gasteiger partial charge in [-0.3, -0.25) is 10.1 Å². The van der Waals surface area contributed by atoms with Gasteiger partial charge in [0.15, 0.2) is 6.10 Å². The largest absolute Gasteiger partial charge is 0.479 e. The molecule has 4 N–H and O–H groups in total. The van der Waals surface area contributed by atoms with Gasteiger partial charge in [0.1, 0.15) is 6.61 Å². The van der Waals surface area contributed by atoms with Crippen LogP contribution in [0.2, 0.25) is 0 Å². The average Bonchev–Trinajstić information content (AvgIpc) is 3.15. The molecule has 1 atom stereocenters. The third-order valence-corrected chi connectivity index (χ3v) is 5.66. The van der Waals surface area contributed by atoms with Gasteiger partial charge < -0.3 is 20.3 Å². The highest BCUT2D eigenvalue weighted by atomic mass is 16.5. The number of rotatable bonds is 8. The number of aliphatic hydroxyl groups is 1. The zero-order valence-electron chi connectivity index (χ0n) is 18.2. The normalized spacial score (nSPS) is 12.9. The molecular weight excluding hydrogens is 436 g/mol. The average molecular weight is 460 g/mol. The van der Waals surface area contributed by atoms with E-state index >= 15 is 0 Å². The molecule has 2 amide bonds. The molecule has 1 aliphatic rings. The molecule has 0 spiro atoms. The molecule has 0 heterocycles. The zero-order chi connectivity index (χ0) is 24.1. The molecule has 4 rings (SSSR count). The Balaban J connectivity index is 1.34. The number of ether oxygens (including phenoxy) is 1. The lowest BCUT2D eigenvalue weighted by Gasteiger charge is -2.15. The van der Waals surface area contributed by atoms with E-state index in [1.807, 2.05) is 36.4 Å².